The topological polar surface area (TPSA) is 59.1 Å². The molecule has 1 amide bonds. The zero-order chi connectivity index (χ0) is 21.3. The van der Waals surface area contributed by atoms with E-state index in [9.17, 15) is 18.4 Å². The standard InChI is InChI=1S/C23H13ClF2N2O2/c24-19-5-3-15(11-20(19)26)23(30)28-18-10-16(9-17(25)12-18)22(29)14-4-6-21-13(8-14)2-1-7-27-21/h1-12H,(H,28,30). The van der Waals surface area contributed by atoms with Crippen LogP contribution >= 0.6 is 11.6 Å². The number of carbonyl (C=O) groups excluding carboxylic acids is 2. The minimum Gasteiger partial charge on any atom is -0.322 e. The second-order valence-corrected chi connectivity index (χ2v) is 6.96. The Balaban J connectivity index is 1.62. The van der Waals surface area contributed by atoms with Gasteiger partial charge in [-0.2, -0.15) is 0 Å². The van der Waals surface area contributed by atoms with Gasteiger partial charge in [-0.05, 0) is 60.7 Å². The number of carbonyl (C=O) groups is 2. The summed E-state index contributed by atoms with van der Waals surface area (Å²) in [7, 11) is 0. The quantitative estimate of drug-likeness (QED) is 0.432. The van der Waals surface area contributed by atoms with Crippen molar-refractivity contribution in [2.45, 2.75) is 0 Å². The van der Waals surface area contributed by atoms with E-state index in [1.807, 2.05) is 6.07 Å². The van der Waals surface area contributed by atoms with Crippen LogP contribution in [0.5, 0.6) is 0 Å². The normalized spacial score (nSPS) is 10.8. The number of hydrogen-bond donors (Lipinski definition) is 1. The fourth-order valence-electron chi connectivity index (χ4n) is 3.02. The van der Waals surface area contributed by atoms with Gasteiger partial charge in [0.1, 0.15) is 11.6 Å². The summed E-state index contributed by atoms with van der Waals surface area (Å²) >= 11 is 5.62. The first-order valence-corrected chi connectivity index (χ1v) is 9.25. The number of hydrogen-bond acceptors (Lipinski definition) is 3. The Bertz CT molecular complexity index is 1310. The molecule has 0 aliphatic carbocycles. The molecule has 1 aromatic heterocycles. The summed E-state index contributed by atoms with van der Waals surface area (Å²) in [5.74, 6) is -2.51. The van der Waals surface area contributed by atoms with Crippen LogP contribution in [0.2, 0.25) is 5.02 Å². The highest BCUT2D eigenvalue weighted by molar-refractivity contribution is 6.30. The number of ketones is 1. The molecule has 0 unspecified atom stereocenters. The number of halogens is 3. The first-order chi connectivity index (χ1) is 14.4. The van der Waals surface area contributed by atoms with Gasteiger partial charge in [0, 0.05) is 34.0 Å². The maximum absolute atomic E-state index is 14.1. The minimum atomic E-state index is -0.745. The Morgan fingerprint density at radius 2 is 1.67 bits per heavy atom. The van der Waals surface area contributed by atoms with Gasteiger partial charge in [-0.1, -0.05) is 17.7 Å². The Morgan fingerprint density at radius 3 is 2.47 bits per heavy atom. The predicted octanol–water partition coefficient (Wildman–Crippen LogP) is 5.65. The first-order valence-electron chi connectivity index (χ1n) is 8.87. The average molecular weight is 423 g/mol. The lowest BCUT2D eigenvalue weighted by molar-refractivity contribution is 0.102. The molecule has 148 valence electrons. The summed E-state index contributed by atoms with van der Waals surface area (Å²) in [6, 6.07) is 15.7. The number of anilines is 1. The molecule has 0 aliphatic heterocycles. The lowest BCUT2D eigenvalue weighted by Crippen LogP contribution is -2.13. The third-order valence-corrected chi connectivity index (χ3v) is 4.77. The molecule has 1 N–H and O–H groups in total. The number of aromatic nitrogens is 1. The van der Waals surface area contributed by atoms with Crippen molar-refractivity contribution in [3.63, 3.8) is 0 Å². The van der Waals surface area contributed by atoms with Gasteiger partial charge >= 0.3 is 0 Å². The monoisotopic (exact) mass is 422 g/mol. The van der Waals surface area contributed by atoms with Gasteiger partial charge in [-0.25, -0.2) is 8.78 Å². The summed E-state index contributed by atoms with van der Waals surface area (Å²) in [5, 5.41) is 3.13. The van der Waals surface area contributed by atoms with Gasteiger partial charge in [0.05, 0.1) is 10.5 Å². The molecule has 0 atom stereocenters. The summed E-state index contributed by atoms with van der Waals surface area (Å²) in [6.07, 6.45) is 1.65. The van der Waals surface area contributed by atoms with Crippen LogP contribution < -0.4 is 5.32 Å². The molecule has 30 heavy (non-hydrogen) atoms. The second kappa shape index (κ2) is 8.00. The summed E-state index contributed by atoms with van der Waals surface area (Å²) in [4.78, 5) is 29.4. The van der Waals surface area contributed by atoms with Gasteiger partial charge in [-0.3, -0.25) is 14.6 Å². The Labute approximate surface area is 175 Å². The summed E-state index contributed by atoms with van der Waals surface area (Å²) < 4.78 is 27.7. The van der Waals surface area contributed by atoms with E-state index < -0.39 is 23.3 Å². The highest BCUT2D eigenvalue weighted by Crippen LogP contribution is 2.21. The number of nitrogens with one attached hydrogen (secondary N) is 1. The van der Waals surface area contributed by atoms with Crippen LogP contribution in [0.3, 0.4) is 0 Å². The maximum atomic E-state index is 14.1. The van der Waals surface area contributed by atoms with Crippen molar-refractivity contribution in [1.29, 1.82) is 0 Å². The van der Waals surface area contributed by atoms with Crippen LogP contribution in [0.25, 0.3) is 10.9 Å². The number of fused-ring (bicyclic) bond motifs is 1. The van der Waals surface area contributed by atoms with Crippen LogP contribution in [0, 0.1) is 11.6 Å². The fourth-order valence-corrected chi connectivity index (χ4v) is 3.13. The third-order valence-electron chi connectivity index (χ3n) is 4.46. The van der Waals surface area contributed by atoms with Crippen molar-refractivity contribution < 1.29 is 18.4 Å². The number of amides is 1. The smallest absolute Gasteiger partial charge is 0.255 e. The Hall–Kier alpha value is -3.64. The highest BCUT2D eigenvalue weighted by atomic mass is 35.5. The van der Waals surface area contributed by atoms with Gasteiger partial charge in [0.15, 0.2) is 5.78 Å². The molecule has 0 saturated carbocycles. The summed E-state index contributed by atoms with van der Waals surface area (Å²) in [5.41, 5.74) is 1.24. The van der Waals surface area contributed by atoms with Crippen LogP contribution in [-0.2, 0) is 0 Å². The van der Waals surface area contributed by atoms with E-state index in [0.717, 1.165) is 29.1 Å². The molecular weight excluding hydrogens is 410 g/mol. The molecule has 0 fully saturated rings. The molecule has 0 radical (unpaired) electrons. The molecule has 1 heterocycles. The molecule has 0 spiro atoms. The lowest BCUT2D eigenvalue weighted by Gasteiger charge is -2.09. The maximum Gasteiger partial charge on any atom is 0.255 e. The number of pyridine rings is 1. The van der Waals surface area contributed by atoms with Crippen molar-refractivity contribution in [3.8, 4) is 0 Å². The van der Waals surface area contributed by atoms with Crippen molar-refractivity contribution >= 4 is 39.9 Å². The molecule has 4 rings (SSSR count). The van der Waals surface area contributed by atoms with E-state index in [1.54, 1.807) is 30.5 Å². The Kier molecular flexibility index (Phi) is 5.25. The van der Waals surface area contributed by atoms with Crippen molar-refractivity contribution in [1.82, 2.24) is 4.98 Å². The highest BCUT2D eigenvalue weighted by Gasteiger charge is 2.15. The molecule has 3 aromatic carbocycles. The van der Waals surface area contributed by atoms with Gasteiger partial charge in [-0.15, -0.1) is 0 Å². The molecule has 4 nitrogen and oxygen atoms in total. The first kappa shape index (κ1) is 19.7. The van der Waals surface area contributed by atoms with Crippen LogP contribution in [0.1, 0.15) is 26.3 Å². The van der Waals surface area contributed by atoms with Gasteiger partial charge < -0.3 is 5.32 Å². The second-order valence-electron chi connectivity index (χ2n) is 6.55. The number of nitrogens with zero attached hydrogens (tertiary/aromatic N) is 1. The zero-order valence-electron chi connectivity index (χ0n) is 15.3. The van der Waals surface area contributed by atoms with Crippen molar-refractivity contribution in [2.24, 2.45) is 0 Å². The van der Waals surface area contributed by atoms with E-state index in [2.05, 4.69) is 10.3 Å². The van der Waals surface area contributed by atoms with E-state index >= 15 is 0 Å². The molecule has 0 saturated heterocycles. The van der Waals surface area contributed by atoms with E-state index in [0.29, 0.717) is 5.56 Å². The minimum absolute atomic E-state index is 0.0102. The van der Waals surface area contributed by atoms with E-state index in [-0.39, 0.29) is 21.8 Å². The largest absolute Gasteiger partial charge is 0.322 e. The zero-order valence-corrected chi connectivity index (χ0v) is 16.1. The number of benzene rings is 3. The van der Waals surface area contributed by atoms with Crippen LogP contribution in [0.4, 0.5) is 14.5 Å². The predicted molar refractivity (Wildman–Crippen MR) is 111 cm³/mol. The SMILES string of the molecule is O=C(Nc1cc(F)cc(C(=O)c2ccc3ncccc3c2)c1)c1ccc(Cl)c(F)c1. The average Bonchev–Trinajstić information content (AvgIpc) is 2.74. The summed E-state index contributed by atoms with van der Waals surface area (Å²) in [6.45, 7) is 0. The Morgan fingerprint density at radius 1 is 0.867 bits per heavy atom. The fraction of sp³-hybridized carbons (Fsp3) is 0. The molecule has 4 aromatic rings. The number of rotatable bonds is 4. The van der Waals surface area contributed by atoms with Crippen LogP contribution in [0.15, 0.2) is 72.9 Å². The molecule has 7 heteroatoms. The van der Waals surface area contributed by atoms with E-state index in [4.69, 9.17) is 11.6 Å². The lowest BCUT2D eigenvalue weighted by atomic mass is 10.0. The molecular formula is C23H13ClF2N2O2. The van der Waals surface area contributed by atoms with Gasteiger partial charge in [0.25, 0.3) is 5.91 Å². The van der Waals surface area contributed by atoms with Crippen molar-refractivity contribution in [2.75, 3.05) is 5.32 Å². The van der Waals surface area contributed by atoms with Gasteiger partial charge in [0.2, 0.25) is 0 Å². The van der Waals surface area contributed by atoms with E-state index in [1.165, 1.54) is 18.2 Å². The van der Waals surface area contributed by atoms with Crippen LogP contribution in [-0.4, -0.2) is 16.7 Å². The van der Waals surface area contributed by atoms with Crippen molar-refractivity contribution in [3.05, 3.63) is 106 Å². The third kappa shape index (κ3) is 4.04. The molecule has 0 bridgehead atoms. The molecule has 0 aliphatic rings.